The van der Waals surface area contributed by atoms with Crippen molar-refractivity contribution in [3.05, 3.63) is 29.8 Å². The molecular formula is C22H29N3O5. The van der Waals surface area contributed by atoms with Gasteiger partial charge in [-0.25, -0.2) is 4.98 Å². The van der Waals surface area contributed by atoms with E-state index in [-0.39, 0.29) is 5.91 Å². The van der Waals surface area contributed by atoms with E-state index in [1.165, 1.54) is 12.8 Å². The predicted molar refractivity (Wildman–Crippen MR) is 115 cm³/mol. The first kappa shape index (κ1) is 21.7. The van der Waals surface area contributed by atoms with Crippen LogP contribution in [0.2, 0.25) is 0 Å². The summed E-state index contributed by atoms with van der Waals surface area (Å²) in [6, 6.07) is 7.27. The highest BCUT2D eigenvalue weighted by molar-refractivity contribution is 5.99. The van der Waals surface area contributed by atoms with E-state index in [1.807, 2.05) is 18.2 Å². The van der Waals surface area contributed by atoms with E-state index in [0.717, 1.165) is 12.1 Å². The quantitative estimate of drug-likeness (QED) is 0.545. The zero-order chi connectivity index (χ0) is 21.5. The number of benzene rings is 1. The molecule has 0 unspecified atom stereocenters. The number of nitrogens with one attached hydrogen (secondary N) is 2. The lowest BCUT2D eigenvalue weighted by molar-refractivity contribution is 0.0937. The normalized spacial score (nSPS) is 12.9. The maximum Gasteiger partial charge on any atom is 0.255 e. The molecular weight excluding hydrogens is 386 g/mol. The van der Waals surface area contributed by atoms with E-state index in [0.29, 0.717) is 53.4 Å². The smallest absolute Gasteiger partial charge is 0.255 e. The summed E-state index contributed by atoms with van der Waals surface area (Å²) in [7, 11) is 6.31. The standard InChI is InChI=1S/C22H29N3O5/c1-27-10-9-23-22(26)16-7-8-17(25-21(16)24-13-14-5-6-14)15-11-18(28-2)20(30-4)19(12-15)29-3/h7-8,11-12,14H,5-6,9-10,13H2,1-4H3,(H,23,26)(H,24,25). The number of anilines is 1. The van der Waals surface area contributed by atoms with Crippen LogP contribution >= 0.6 is 0 Å². The van der Waals surface area contributed by atoms with E-state index in [1.54, 1.807) is 34.5 Å². The fourth-order valence-electron chi connectivity index (χ4n) is 3.09. The van der Waals surface area contributed by atoms with Gasteiger partial charge < -0.3 is 29.6 Å². The highest BCUT2D eigenvalue weighted by atomic mass is 16.5. The van der Waals surface area contributed by atoms with E-state index < -0.39 is 0 Å². The molecule has 162 valence electrons. The molecule has 1 heterocycles. The van der Waals surface area contributed by atoms with Crippen molar-refractivity contribution >= 4 is 11.7 Å². The van der Waals surface area contributed by atoms with Crippen molar-refractivity contribution in [3.63, 3.8) is 0 Å². The van der Waals surface area contributed by atoms with Crippen LogP contribution in [0.5, 0.6) is 17.2 Å². The molecule has 2 N–H and O–H groups in total. The molecule has 8 nitrogen and oxygen atoms in total. The average molecular weight is 415 g/mol. The summed E-state index contributed by atoms with van der Waals surface area (Å²) < 4.78 is 21.3. The Morgan fingerprint density at radius 1 is 1.07 bits per heavy atom. The summed E-state index contributed by atoms with van der Waals surface area (Å²) in [6.07, 6.45) is 2.41. The third-order valence-electron chi connectivity index (χ3n) is 4.95. The molecule has 8 heteroatoms. The van der Waals surface area contributed by atoms with E-state index in [9.17, 15) is 4.79 Å². The molecule has 1 fully saturated rings. The zero-order valence-electron chi connectivity index (χ0n) is 17.9. The van der Waals surface area contributed by atoms with E-state index in [4.69, 9.17) is 23.9 Å². The predicted octanol–water partition coefficient (Wildman–Crippen LogP) is 2.97. The van der Waals surface area contributed by atoms with Gasteiger partial charge in [-0.2, -0.15) is 0 Å². The van der Waals surface area contributed by atoms with Gasteiger partial charge in [0, 0.05) is 25.8 Å². The van der Waals surface area contributed by atoms with Crippen LogP contribution in [0.3, 0.4) is 0 Å². The molecule has 1 aromatic carbocycles. The SMILES string of the molecule is COCCNC(=O)c1ccc(-c2cc(OC)c(OC)c(OC)c2)nc1NCC1CC1. The van der Waals surface area contributed by atoms with E-state index in [2.05, 4.69) is 10.6 Å². The second kappa shape index (κ2) is 10.2. The van der Waals surface area contributed by atoms with Gasteiger partial charge in [-0.15, -0.1) is 0 Å². The van der Waals surface area contributed by atoms with Crippen LogP contribution in [0, 0.1) is 5.92 Å². The first-order valence-corrected chi connectivity index (χ1v) is 9.93. The van der Waals surface area contributed by atoms with Crippen LogP contribution in [0.1, 0.15) is 23.2 Å². The number of methoxy groups -OCH3 is 4. The Balaban J connectivity index is 1.95. The van der Waals surface area contributed by atoms with Crippen molar-refractivity contribution in [1.29, 1.82) is 0 Å². The molecule has 1 amide bonds. The summed E-state index contributed by atoms with van der Waals surface area (Å²) in [6.45, 7) is 1.68. The molecule has 0 radical (unpaired) electrons. The lowest BCUT2D eigenvalue weighted by atomic mass is 10.1. The van der Waals surface area contributed by atoms with Crippen LogP contribution in [-0.2, 0) is 4.74 Å². The molecule has 30 heavy (non-hydrogen) atoms. The number of hydrogen-bond acceptors (Lipinski definition) is 7. The number of carbonyl (C=O) groups excluding carboxylic acids is 1. The monoisotopic (exact) mass is 415 g/mol. The van der Waals surface area contributed by atoms with Crippen LogP contribution in [0.15, 0.2) is 24.3 Å². The Bertz CT molecular complexity index is 858. The number of pyridine rings is 1. The molecule has 0 saturated heterocycles. The highest BCUT2D eigenvalue weighted by Crippen LogP contribution is 2.41. The molecule has 0 aliphatic heterocycles. The molecule has 3 rings (SSSR count). The number of hydrogen-bond donors (Lipinski definition) is 2. The Labute approximate surface area is 176 Å². The lowest BCUT2D eigenvalue weighted by Gasteiger charge is -2.16. The first-order chi connectivity index (χ1) is 14.6. The van der Waals surface area contributed by atoms with Crippen molar-refractivity contribution in [1.82, 2.24) is 10.3 Å². The van der Waals surface area contributed by atoms with Gasteiger partial charge in [0.1, 0.15) is 5.82 Å². The molecule has 1 aliphatic carbocycles. The topological polar surface area (TPSA) is 90.9 Å². The number of aromatic nitrogens is 1. The summed E-state index contributed by atoms with van der Waals surface area (Å²) in [4.78, 5) is 17.4. The average Bonchev–Trinajstić information content (AvgIpc) is 3.61. The van der Waals surface area contributed by atoms with Gasteiger partial charge in [0.15, 0.2) is 11.5 Å². The number of rotatable bonds is 11. The maximum atomic E-state index is 12.6. The number of carbonyl (C=O) groups is 1. The van der Waals surface area contributed by atoms with Gasteiger partial charge in [0.2, 0.25) is 5.75 Å². The van der Waals surface area contributed by atoms with Gasteiger partial charge in [-0.3, -0.25) is 4.79 Å². The van der Waals surface area contributed by atoms with Crippen LogP contribution in [0.25, 0.3) is 11.3 Å². The third-order valence-corrected chi connectivity index (χ3v) is 4.95. The minimum atomic E-state index is -0.186. The Kier molecular flexibility index (Phi) is 7.35. The molecule has 0 bridgehead atoms. The largest absolute Gasteiger partial charge is 0.493 e. The minimum absolute atomic E-state index is 0.186. The number of amides is 1. The van der Waals surface area contributed by atoms with Gasteiger partial charge in [-0.05, 0) is 43.0 Å². The molecule has 1 saturated carbocycles. The summed E-state index contributed by atoms with van der Waals surface area (Å²) in [5.74, 6) is 2.62. The van der Waals surface area contributed by atoms with Crippen molar-refractivity contribution in [2.45, 2.75) is 12.8 Å². The molecule has 0 spiro atoms. The highest BCUT2D eigenvalue weighted by Gasteiger charge is 2.23. The number of nitrogens with zero attached hydrogens (tertiary/aromatic N) is 1. The summed E-state index contributed by atoms with van der Waals surface area (Å²) >= 11 is 0. The van der Waals surface area contributed by atoms with Crippen LogP contribution < -0.4 is 24.8 Å². The first-order valence-electron chi connectivity index (χ1n) is 9.93. The van der Waals surface area contributed by atoms with Gasteiger partial charge in [0.05, 0.1) is 39.2 Å². The van der Waals surface area contributed by atoms with Crippen molar-refractivity contribution in [3.8, 4) is 28.5 Å². The third kappa shape index (κ3) is 5.13. The Morgan fingerprint density at radius 3 is 2.33 bits per heavy atom. The molecule has 0 atom stereocenters. The second-order valence-electron chi connectivity index (χ2n) is 7.08. The maximum absolute atomic E-state index is 12.6. The van der Waals surface area contributed by atoms with Gasteiger partial charge in [0.25, 0.3) is 5.91 Å². The Hall–Kier alpha value is -3.00. The van der Waals surface area contributed by atoms with Crippen molar-refractivity contribution < 1.29 is 23.7 Å². The van der Waals surface area contributed by atoms with E-state index >= 15 is 0 Å². The lowest BCUT2D eigenvalue weighted by Crippen LogP contribution is -2.28. The zero-order valence-corrected chi connectivity index (χ0v) is 17.9. The minimum Gasteiger partial charge on any atom is -0.493 e. The van der Waals surface area contributed by atoms with Gasteiger partial charge >= 0.3 is 0 Å². The molecule has 2 aromatic rings. The fraction of sp³-hybridized carbons (Fsp3) is 0.455. The second-order valence-corrected chi connectivity index (χ2v) is 7.08. The Morgan fingerprint density at radius 2 is 1.77 bits per heavy atom. The van der Waals surface area contributed by atoms with Crippen molar-refractivity contribution in [2.75, 3.05) is 53.5 Å². The summed E-state index contributed by atoms with van der Waals surface area (Å²) in [5, 5.41) is 6.20. The van der Waals surface area contributed by atoms with Gasteiger partial charge in [-0.1, -0.05) is 0 Å². The molecule has 1 aromatic heterocycles. The van der Waals surface area contributed by atoms with Crippen molar-refractivity contribution in [2.24, 2.45) is 5.92 Å². The fourth-order valence-corrected chi connectivity index (χ4v) is 3.09. The summed E-state index contributed by atoms with van der Waals surface area (Å²) in [5.41, 5.74) is 1.99. The number of ether oxygens (including phenoxy) is 4. The molecule has 1 aliphatic rings. The van der Waals surface area contributed by atoms with Crippen LogP contribution in [0.4, 0.5) is 5.82 Å². The van der Waals surface area contributed by atoms with Crippen LogP contribution in [-0.4, -0.2) is 59.0 Å².